The van der Waals surface area contributed by atoms with E-state index in [9.17, 15) is 19.4 Å². The number of fused-ring (bicyclic) bond motifs is 2. The Balaban J connectivity index is 1.40. The lowest BCUT2D eigenvalue weighted by atomic mass is 9.83. The van der Waals surface area contributed by atoms with Crippen LogP contribution in [-0.4, -0.2) is 68.3 Å². The molecule has 6 rings (SSSR count). The molecule has 2 aliphatic heterocycles. The number of nitrogens with zero attached hydrogens (tertiary/aromatic N) is 6. The van der Waals surface area contributed by atoms with Gasteiger partial charge in [0.15, 0.2) is 0 Å². The average Bonchev–Trinajstić information content (AvgIpc) is 3.00. The molecular weight excluding hydrogens is 560 g/mol. The van der Waals surface area contributed by atoms with Crippen molar-refractivity contribution in [2.24, 2.45) is 0 Å². The summed E-state index contributed by atoms with van der Waals surface area (Å²) in [4.78, 5) is 27.9. The van der Waals surface area contributed by atoms with Crippen LogP contribution in [0.5, 0.6) is 0 Å². The molecule has 1 aromatic heterocycles. The molecule has 10 heteroatoms. The second-order valence-corrected chi connectivity index (χ2v) is 12.7. The van der Waals surface area contributed by atoms with Gasteiger partial charge in [0.05, 0.1) is 41.1 Å². The van der Waals surface area contributed by atoms with Crippen molar-refractivity contribution in [3.8, 4) is 6.07 Å². The molecule has 43 heavy (non-hydrogen) atoms. The molecular formula is C33H34N6O3S. The standard InChI is InChI=1S/C33H34N6O3S/c1-23-8-6-11-25-12-7-13-28(29(23)25)37-17-14-26-27(21-37)35-31(43(2)42)36-30(26)38-18-19-39(32(40)41)33(22-38,15-16-34)20-24-9-4-3-5-10-24/h3-13H,14-15,17-22H2,1-2H3,(H,40,41)/t33-,43?/m1/s1. The summed E-state index contributed by atoms with van der Waals surface area (Å²) >= 11 is 0. The van der Waals surface area contributed by atoms with Crippen LogP contribution in [0.15, 0.2) is 71.9 Å². The average molecular weight is 595 g/mol. The second kappa shape index (κ2) is 11.7. The zero-order valence-corrected chi connectivity index (χ0v) is 25.2. The normalized spacial score (nSPS) is 19.1. The van der Waals surface area contributed by atoms with E-state index >= 15 is 0 Å². The van der Waals surface area contributed by atoms with Crippen LogP contribution in [0.25, 0.3) is 10.8 Å². The van der Waals surface area contributed by atoms with Crippen molar-refractivity contribution in [1.82, 2.24) is 14.9 Å². The Hall–Kier alpha value is -4.49. The molecule has 0 radical (unpaired) electrons. The second-order valence-electron chi connectivity index (χ2n) is 11.4. The predicted octanol–water partition coefficient (Wildman–Crippen LogP) is 4.93. The van der Waals surface area contributed by atoms with Crippen molar-refractivity contribution >= 4 is 39.2 Å². The molecule has 1 N–H and O–H groups in total. The van der Waals surface area contributed by atoms with Gasteiger partial charge in [0.1, 0.15) is 5.82 Å². The number of piperazine rings is 1. The van der Waals surface area contributed by atoms with Crippen LogP contribution in [0, 0.1) is 18.3 Å². The van der Waals surface area contributed by atoms with E-state index in [4.69, 9.17) is 9.97 Å². The van der Waals surface area contributed by atoms with Crippen LogP contribution < -0.4 is 9.80 Å². The molecule has 1 saturated heterocycles. The first-order chi connectivity index (χ1) is 20.8. The third kappa shape index (κ3) is 5.41. The Morgan fingerprint density at radius 2 is 1.79 bits per heavy atom. The minimum absolute atomic E-state index is 0.0404. The van der Waals surface area contributed by atoms with Crippen molar-refractivity contribution in [3.05, 3.63) is 89.1 Å². The number of aryl methyl sites for hydroxylation is 1. The summed E-state index contributed by atoms with van der Waals surface area (Å²) in [5.41, 5.74) is 4.18. The molecule has 220 valence electrons. The Bertz CT molecular complexity index is 1750. The summed E-state index contributed by atoms with van der Waals surface area (Å²) in [6.07, 6.45) is 1.67. The maximum absolute atomic E-state index is 12.8. The highest BCUT2D eigenvalue weighted by molar-refractivity contribution is 7.84. The Labute approximate surface area is 253 Å². The molecule has 1 unspecified atom stereocenters. The topological polar surface area (TPSA) is 114 Å². The van der Waals surface area contributed by atoms with E-state index in [1.54, 1.807) is 6.26 Å². The number of nitriles is 1. The number of carbonyl (C=O) groups is 1. The van der Waals surface area contributed by atoms with Gasteiger partial charge in [0, 0.05) is 49.1 Å². The van der Waals surface area contributed by atoms with Gasteiger partial charge in [-0.2, -0.15) is 5.26 Å². The SMILES string of the molecule is Cc1cccc2cccc(N3CCc4c(nc(S(C)=O)nc4N4CCN(C(=O)O)[C@](CC#N)(Cc5ccccc5)C4)C3)c12. The lowest BCUT2D eigenvalue weighted by Gasteiger charge is -2.49. The van der Waals surface area contributed by atoms with Gasteiger partial charge >= 0.3 is 6.09 Å². The maximum atomic E-state index is 12.8. The first-order valence-corrected chi connectivity index (χ1v) is 16.0. The van der Waals surface area contributed by atoms with Crippen LogP contribution in [0.4, 0.5) is 16.3 Å². The quantitative estimate of drug-likeness (QED) is 0.313. The number of aromatic nitrogens is 2. The molecule has 3 heterocycles. The smallest absolute Gasteiger partial charge is 0.407 e. The van der Waals surface area contributed by atoms with Gasteiger partial charge in [0.25, 0.3) is 0 Å². The lowest BCUT2D eigenvalue weighted by Crippen LogP contribution is -2.65. The number of amides is 1. The van der Waals surface area contributed by atoms with E-state index in [1.807, 2.05) is 30.3 Å². The molecule has 4 aromatic rings. The number of rotatable bonds is 6. The fourth-order valence-corrected chi connectivity index (χ4v) is 7.15. The van der Waals surface area contributed by atoms with Crippen LogP contribution in [0.3, 0.4) is 0 Å². The highest BCUT2D eigenvalue weighted by Crippen LogP contribution is 2.37. The van der Waals surface area contributed by atoms with Gasteiger partial charge in [-0.1, -0.05) is 60.7 Å². The van der Waals surface area contributed by atoms with Crippen molar-refractivity contribution in [1.29, 1.82) is 5.26 Å². The zero-order valence-electron chi connectivity index (χ0n) is 24.4. The van der Waals surface area contributed by atoms with Crippen molar-refractivity contribution < 1.29 is 14.1 Å². The molecule has 0 spiro atoms. The van der Waals surface area contributed by atoms with Gasteiger partial charge in [-0.05, 0) is 42.3 Å². The van der Waals surface area contributed by atoms with Gasteiger partial charge in [-0.15, -0.1) is 0 Å². The number of hydrogen-bond acceptors (Lipinski definition) is 7. The van der Waals surface area contributed by atoms with E-state index in [2.05, 4.69) is 59.2 Å². The van der Waals surface area contributed by atoms with Crippen LogP contribution >= 0.6 is 0 Å². The van der Waals surface area contributed by atoms with Crippen molar-refractivity contribution in [2.75, 3.05) is 42.2 Å². The summed E-state index contributed by atoms with van der Waals surface area (Å²) in [6, 6.07) is 24.6. The summed E-state index contributed by atoms with van der Waals surface area (Å²) < 4.78 is 12.8. The highest BCUT2D eigenvalue weighted by atomic mass is 32.2. The van der Waals surface area contributed by atoms with Crippen LogP contribution in [0.1, 0.15) is 28.8 Å². The van der Waals surface area contributed by atoms with Crippen molar-refractivity contribution in [2.45, 2.75) is 43.4 Å². The third-order valence-electron chi connectivity index (χ3n) is 8.68. The maximum Gasteiger partial charge on any atom is 0.407 e. The minimum atomic E-state index is -1.42. The third-order valence-corrected chi connectivity index (χ3v) is 9.37. The first kappa shape index (κ1) is 28.6. The number of anilines is 2. The molecule has 9 nitrogen and oxygen atoms in total. The summed E-state index contributed by atoms with van der Waals surface area (Å²) in [5.74, 6) is 0.698. The molecule has 1 amide bonds. The predicted molar refractivity (Wildman–Crippen MR) is 168 cm³/mol. The number of benzene rings is 3. The molecule has 0 aliphatic carbocycles. The molecule has 1 fully saturated rings. The van der Waals surface area contributed by atoms with Gasteiger partial charge in [-0.25, -0.2) is 14.8 Å². The fourth-order valence-electron chi connectivity index (χ4n) is 6.70. The highest BCUT2D eigenvalue weighted by Gasteiger charge is 2.45. The first-order valence-electron chi connectivity index (χ1n) is 14.4. The van der Waals surface area contributed by atoms with Crippen LogP contribution in [0.2, 0.25) is 0 Å². The Kier molecular flexibility index (Phi) is 7.75. The molecule has 0 saturated carbocycles. The molecule has 3 aromatic carbocycles. The molecule has 2 aliphatic rings. The van der Waals surface area contributed by atoms with Gasteiger partial charge < -0.3 is 14.9 Å². The summed E-state index contributed by atoms with van der Waals surface area (Å²) in [6.45, 7) is 4.38. The van der Waals surface area contributed by atoms with E-state index < -0.39 is 22.4 Å². The fraction of sp³-hybridized carbons (Fsp3) is 0.333. The monoisotopic (exact) mass is 594 g/mol. The zero-order chi connectivity index (χ0) is 30.1. The minimum Gasteiger partial charge on any atom is -0.465 e. The summed E-state index contributed by atoms with van der Waals surface area (Å²) in [7, 11) is -1.42. The Morgan fingerprint density at radius 1 is 1.02 bits per heavy atom. The largest absolute Gasteiger partial charge is 0.465 e. The van der Waals surface area contributed by atoms with Crippen molar-refractivity contribution in [3.63, 3.8) is 0 Å². The lowest BCUT2D eigenvalue weighted by molar-refractivity contribution is 0.0668. The van der Waals surface area contributed by atoms with E-state index in [1.165, 1.54) is 21.2 Å². The van der Waals surface area contributed by atoms with Gasteiger partial charge in [-0.3, -0.25) is 9.11 Å². The van der Waals surface area contributed by atoms with Crippen LogP contribution in [-0.2, 0) is 30.2 Å². The molecule has 0 bridgehead atoms. The Morgan fingerprint density at radius 3 is 2.51 bits per heavy atom. The number of carboxylic acid groups (broad SMARTS) is 1. The van der Waals surface area contributed by atoms with E-state index in [0.717, 1.165) is 29.1 Å². The summed E-state index contributed by atoms with van der Waals surface area (Å²) in [5, 5.41) is 22.8. The van der Waals surface area contributed by atoms with E-state index in [-0.39, 0.29) is 18.1 Å². The van der Waals surface area contributed by atoms with E-state index in [0.29, 0.717) is 38.3 Å². The number of hydrogen-bond donors (Lipinski definition) is 1. The molecule has 2 atom stereocenters. The van der Waals surface area contributed by atoms with Gasteiger partial charge in [0.2, 0.25) is 5.16 Å².